The Kier molecular flexibility index (Phi) is 5.45. The Morgan fingerprint density at radius 3 is 2.50 bits per heavy atom. The van der Waals surface area contributed by atoms with Crippen LogP contribution in [-0.2, 0) is 0 Å². The van der Waals surface area contributed by atoms with Gasteiger partial charge in [0.1, 0.15) is 11.6 Å². The molecular weight excluding hydrogens is 234 g/mol. The Morgan fingerprint density at radius 1 is 1.28 bits per heavy atom. The summed E-state index contributed by atoms with van der Waals surface area (Å²) in [7, 11) is 0. The van der Waals surface area contributed by atoms with Crippen molar-refractivity contribution in [3.63, 3.8) is 0 Å². The van der Waals surface area contributed by atoms with Gasteiger partial charge in [0.05, 0.1) is 5.56 Å². The number of benzene rings is 1. The summed E-state index contributed by atoms with van der Waals surface area (Å²) in [6.07, 6.45) is 3.19. The minimum absolute atomic E-state index is 0.282. The maximum Gasteiger partial charge on any atom is 0.171 e. The molecule has 1 atom stereocenters. The summed E-state index contributed by atoms with van der Waals surface area (Å²) in [4.78, 5) is 12.2. The number of carbonyl (C=O) groups is 1. The van der Waals surface area contributed by atoms with E-state index in [4.69, 9.17) is 0 Å². The molecule has 0 aromatic heterocycles. The second-order valence-corrected chi connectivity index (χ2v) is 4.66. The van der Waals surface area contributed by atoms with Gasteiger partial charge in [-0.3, -0.25) is 4.79 Å². The number of halogens is 2. The van der Waals surface area contributed by atoms with Gasteiger partial charge in [-0.1, -0.05) is 32.8 Å². The number of aryl methyl sites for hydroxylation is 1. The molecule has 0 heterocycles. The third-order valence-corrected chi connectivity index (χ3v) is 3.30. The van der Waals surface area contributed by atoms with Crippen molar-refractivity contribution in [1.29, 1.82) is 0 Å². The van der Waals surface area contributed by atoms with Crippen LogP contribution in [0.3, 0.4) is 0 Å². The summed E-state index contributed by atoms with van der Waals surface area (Å²) in [6, 6.07) is 2.52. The van der Waals surface area contributed by atoms with Crippen molar-refractivity contribution >= 4 is 5.78 Å². The monoisotopic (exact) mass is 254 g/mol. The lowest BCUT2D eigenvalue weighted by molar-refractivity contribution is 0.0899. The third-order valence-electron chi connectivity index (χ3n) is 3.30. The molecular formula is C15H20F2O. The molecule has 1 rings (SSSR count). The highest BCUT2D eigenvalue weighted by Crippen LogP contribution is 2.24. The van der Waals surface area contributed by atoms with Crippen molar-refractivity contribution in [3.8, 4) is 0 Å². The van der Waals surface area contributed by atoms with E-state index < -0.39 is 17.4 Å². The topological polar surface area (TPSA) is 17.1 Å². The van der Waals surface area contributed by atoms with Crippen LogP contribution < -0.4 is 0 Å². The molecule has 0 spiro atoms. The number of hydrogen-bond acceptors (Lipinski definition) is 1. The molecule has 0 aliphatic carbocycles. The zero-order valence-corrected chi connectivity index (χ0v) is 11.2. The molecule has 0 bridgehead atoms. The number of ketones is 1. The molecule has 18 heavy (non-hydrogen) atoms. The summed E-state index contributed by atoms with van der Waals surface area (Å²) in [6.45, 7) is 5.45. The lowest BCUT2D eigenvalue weighted by Gasteiger charge is -2.15. The van der Waals surface area contributed by atoms with E-state index in [2.05, 4.69) is 0 Å². The number of rotatable bonds is 6. The summed E-state index contributed by atoms with van der Waals surface area (Å²) < 4.78 is 27.5. The number of carbonyl (C=O) groups excluding carboxylic acids is 1. The van der Waals surface area contributed by atoms with E-state index in [-0.39, 0.29) is 11.5 Å². The lowest BCUT2D eigenvalue weighted by Crippen LogP contribution is -2.18. The van der Waals surface area contributed by atoms with Crippen molar-refractivity contribution < 1.29 is 13.6 Å². The predicted octanol–water partition coefficient (Wildman–Crippen LogP) is 4.67. The van der Waals surface area contributed by atoms with E-state index in [1.165, 1.54) is 6.07 Å². The summed E-state index contributed by atoms with van der Waals surface area (Å²) in [5.41, 5.74) is -0.0527. The quantitative estimate of drug-likeness (QED) is 0.674. The molecule has 0 aliphatic heterocycles. The molecule has 1 aromatic carbocycles. The molecule has 0 saturated heterocycles. The first-order chi connectivity index (χ1) is 8.52. The Balaban J connectivity index is 3.05. The summed E-state index contributed by atoms with van der Waals surface area (Å²) in [5.74, 6) is -2.15. The third kappa shape index (κ3) is 3.15. The Bertz CT molecular complexity index is 427. The van der Waals surface area contributed by atoms with Gasteiger partial charge in [0.2, 0.25) is 0 Å². The zero-order valence-electron chi connectivity index (χ0n) is 11.2. The van der Waals surface area contributed by atoms with E-state index in [1.807, 2.05) is 13.8 Å². The van der Waals surface area contributed by atoms with E-state index in [0.717, 1.165) is 18.9 Å². The molecule has 3 heteroatoms. The van der Waals surface area contributed by atoms with E-state index in [0.29, 0.717) is 18.4 Å². The van der Waals surface area contributed by atoms with Gasteiger partial charge < -0.3 is 0 Å². The van der Waals surface area contributed by atoms with Crippen LogP contribution in [-0.4, -0.2) is 5.78 Å². The van der Waals surface area contributed by atoms with Gasteiger partial charge in [0.15, 0.2) is 5.78 Å². The Labute approximate surface area is 107 Å². The van der Waals surface area contributed by atoms with Crippen LogP contribution in [0.4, 0.5) is 8.78 Å². The number of hydrogen-bond donors (Lipinski definition) is 0. The van der Waals surface area contributed by atoms with E-state index >= 15 is 0 Å². The standard InChI is InChI=1S/C15H20F2O/c1-4-6-7-11(5-2)15(18)13-12(16)9-8-10(3)14(13)17/h8-9,11H,4-7H2,1-3H3. The van der Waals surface area contributed by atoms with Gasteiger partial charge >= 0.3 is 0 Å². The molecule has 1 nitrogen and oxygen atoms in total. The van der Waals surface area contributed by atoms with Crippen LogP contribution in [0, 0.1) is 24.5 Å². The minimum atomic E-state index is -0.752. The van der Waals surface area contributed by atoms with Gasteiger partial charge in [-0.2, -0.15) is 0 Å². The van der Waals surface area contributed by atoms with Crippen LogP contribution in [0.2, 0.25) is 0 Å². The van der Waals surface area contributed by atoms with Gasteiger partial charge in [0.25, 0.3) is 0 Å². The average molecular weight is 254 g/mol. The van der Waals surface area contributed by atoms with Crippen LogP contribution >= 0.6 is 0 Å². The normalized spacial score (nSPS) is 12.5. The molecule has 1 aromatic rings. The molecule has 0 amide bonds. The van der Waals surface area contributed by atoms with Crippen LogP contribution in [0.5, 0.6) is 0 Å². The van der Waals surface area contributed by atoms with Crippen LogP contribution in [0.15, 0.2) is 12.1 Å². The van der Waals surface area contributed by atoms with Crippen molar-refractivity contribution in [3.05, 3.63) is 34.9 Å². The summed E-state index contributed by atoms with van der Waals surface area (Å²) in [5, 5.41) is 0. The molecule has 1 unspecified atom stereocenters. The molecule has 0 saturated carbocycles. The second kappa shape index (κ2) is 6.62. The molecule has 0 fully saturated rings. The van der Waals surface area contributed by atoms with Gasteiger partial charge in [0, 0.05) is 5.92 Å². The molecule has 0 radical (unpaired) electrons. The lowest BCUT2D eigenvalue weighted by atomic mass is 9.89. The second-order valence-electron chi connectivity index (χ2n) is 4.66. The van der Waals surface area contributed by atoms with Crippen molar-refractivity contribution in [2.45, 2.75) is 46.5 Å². The van der Waals surface area contributed by atoms with Crippen molar-refractivity contribution in [1.82, 2.24) is 0 Å². The molecule has 0 N–H and O–H groups in total. The predicted molar refractivity (Wildman–Crippen MR) is 68.7 cm³/mol. The smallest absolute Gasteiger partial charge is 0.171 e. The first-order valence-electron chi connectivity index (χ1n) is 6.51. The van der Waals surface area contributed by atoms with Gasteiger partial charge in [-0.05, 0) is 31.4 Å². The minimum Gasteiger partial charge on any atom is -0.294 e. The van der Waals surface area contributed by atoms with Crippen LogP contribution in [0.25, 0.3) is 0 Å². The average Bonchev–Trinajstić information content (AvgIpc) is 2.35. The maximum absolute atomic E-state index is 13.9. The van der Waals surface area contributed by atoms with Crippen LogP contribution in [0.1, 0.15) is 55.5 Å². The van der Waals surface area contributed by atoms with Crippen molar-refractivity contribution in [2.75, 3.05) is 0 Å². The Hall–Kier alpha value is -1.25. The van der Waals surface area contributed by atoms with Gasteiger partial charge in [-0.25, -0.2) is 8.78 Å². The van der Waals surface area contributed by atoms with Gasteiger partial charge in [-0.15, -0.1) is 0 Å². The summed E-state index contributed by atoms with van der Waals surface area (Å²) >= 11 is 0. The van der Waals surface area contributed by atoms with E-state index in [1.54, 1.807) is 6.92 Å². The SMILES string of the molecule is CCCCC(CC)C(=O)c1c(F)ccc(C)c1F. The number of Topliss-reactive ketones (excluding diaryl/α,β-unsaturated/α-hetero) is 1. The highest BCUT2D eigenvalue weighted by molar-refractivity contribution is 5.98. The highest BCUT2D eigenvalue weighted by Gasteiger charge is 2.25. The molecule has 0 aliphatic rings. The fraction of sp³-hybridized carbons (Fsp3) is 0.533. The maximum atomic E-state index is 13.9. The number of unbranched alkanes of at least 4 members (excludes halogenated alkanes) is 1. The largest absolute Gasteiger partial charge is 0.294 e. The fourth-order valence-corrected chi connectivity index (χ4v) is 2.06. The molecule has 100 valence electrons. The fourth-order valence-electron chi connectivity index (χ4n) is 2.06. The first-order valence-corrected chi connectivity index (χ1v) is 6.51. The van der Waals surface area contributed by atoms with E-state index in [9.17, 15) is 13.6 Å². The zero-order chi connectivity index (χ0) is 13.7. The Morgan fingerprint density at radius 2 is 1.94 bits per heavy atom. The van der Waals surface area contributed by atoms with Crippen molar-refractivity contribution in [2.24, 2.45) is 5.92 Å². The first kappa shape index (κ1) is 14.8. The highest BCUT2D eigenvalue weighted by atomic mass is 19.1.